The van der Waals surface area contributed by atoms with Gasteiger partial charge >= 0.3 is 0 Å². The minimum Gasteiger partial charge on any atom is -0.398 e. The molecule has 3 nitrogen and oxygen atoms in total. The second kappa shape index (κ2) is 5.33. The maximum absolute atomic E-state index is 12.2. The number of carbonyl (C=O) groups is 1. The number of amides is 1. The molecule has 1 amide bonds. The molecule has 0 unspecified atom stereocenters. The maximum atomic E-state index is 12.2. The summed E-state index contributed by atoms with van der Waals surface area (Å²) in [4.78, 5) is 12.2. The van der Waals surface area contributed by atoms with Gasteiger partial charge in [-0.2, -0.15) is 0 Å². The third kappa shape index (κ3) is 2.71. The van der Waals surface area contributed by atoms with E-state index in [0.29, 0.717) is 22.0 Å². The zero-order valence-corrected chi connectivity index (χ0v) is 11.6. The van der Waals surface area contributed by atoms with E-state index in [1.165, 1.54) is 0 Å². The number of halogens is 1. The Morgan fingerprint density at radius 3 is 2.58 bits per heavy atom. The number of nitrogens with two attached hydrogens (primary N) is 1. The molecule has 2 aromatic rings. The maximum Gasteiger partial charge on any atom is 0.257 e. The summed E-state index contributed by atoms with van der Waals surface area (Å²) in [5.74, 6) is -0.230. The largest absolute Gasteiger partial charge is 0.398 e. The molecule has 0 saturated heterocycles. The molecule has 0 fully saturated rings. The number of hydrogen-bond donors (Lipinski definition) is 2. The first-order chi connectivity index (χ1) is 9.00. The molecular weight excluding hydrogens is 260 g/mol. The molecule has 0 aromatic heterocycles. The Morgan fingerprint density at radius 1 is 1.16 bits per heavy atom. The Hall–Kier alpha value is -2.00. The van der Waals surface area contributed by atoms with Crippen molar-refractivity contribution in [3.63, 3.8) is 0 Å². The van der Waals surface area contributed by atoms with E-state index in [-0.39, 0.29) is 5.91 Å². The van der Waals surface area contributed by atoms with Gasteiger partial charge in [0, 0.05) is 16.4 Å². The van der Waals surface area contributed by atoms with Crippen molar-refractivity contribution >= 4 is 28.9 Å². The fourth-order valence-corrected chi connectivity index (χ4v) is 1.99. The number of aryl methyl sites for hydroxylation is 1. The molecule has 0 aliphatic rings. The fourth-order valence-electron chi connectivity index (χ4n) is 1.81. The van der Waals surface area contributed by atoms with Gasteiger partial charge in [0.2, 0.25) is 0 Å². The van der Waals surface area contributed by atoms with Crippen molar-refractivity contribution in [1.29, 1.82) is 0 Å². The van der Waals surface area contributed by atoms with Gasteiger partial charge < -0.3 is 11.1 Å². The standard InChI is InChI=1S/C15H15ClN2O/c1-9-5-3-6-11(14(9)17)15(19)18-13-8-4-7-12(16)10(13)2/h3-8H,17H2,1-2H3,(H,18,19). The van der Waals surface area contributed by atoms with E-state index in [9.17, 15) is 4.79 Å². The van der Waals surface area contributed by atoms with Crippen molar-refractivity contribution in [2.75, 3.05) is 11.1 Å². The number of para-hydroxylation sites is 1. The van der Waals surface area contributed by atoms with Gasteiger partial charge in [-0.25, -0.2) is 0 Å². The van der Waals surface area contributed by atoms with Crippen LogP contribution in [0.25, 0.3) is 0 Å². The quantitative estimate of drug-likeness (QED) is 0.819. The summed E-state index contributed by atoms with van der Waals surface area (Å²) in [5, 5.41) is 3.45. The minimum absolute atomic E-state index is 0.230. The van der Waals surface area contributed by atoms with Gasteiger partial charge in [-0.3, -0.25) is 4.79 Å². The second-order valence-corrected chi connectivity index (χ2v) is 4.81. The van der Waals surface area contributed by atoms with Crippen LogP contribution in [0.5, 0.6) is 0 Å². The fraction of sp³-hybridized carbons (Fsp3) is 0.133. The average molecular weight is 275 g/mol. The Balaban J connectivity index is 2.31. The lowest BCUT2D eigenvalue weighted by Gasteiger charge is -2.11. The van der Waals surface area contributed by atoms with Crippen LogP contribution in [-0.2, 0) is 0 Å². The third-order valence-electron chi connectivity index (χ3n) is 3.08. The van der Waals surface area contributed by atoms with E-state index >= 15 is 0 Å². The summed E-state index contributed by atoms with van der Waals surface area (Å²) in [5.41, 5.74) is 9.30. The average Bonchev–Trinajstić information content (AvgIpc) is 2.38. The third-order valence-corrected chi connectivity index (χ3v) is 3.49. The van der Waals surface area contributed by atoms with Crippen molar-refractivity contribution in [1.82, 2.24) is 0 Å². The number of anilines is 2. The predicted octanol–water partition coefficient (Wildman–Crippen LogP) is 3.79. The molecule has 98 valence electrons. The molecule has 0 bridgehead atoms. The topological polar surface area (TPSA) is 55.1 Å². The Labute approximate surface area is 117 Å². The van der Waals surface area contributed by atoms with Crippen molar-refractivity contribution < 1.29 is 4.79 Å². The monoisotopic (exact) mass is 274 g/mol. The summed E-state index contributed by atoms with van der Waals surface area (Å²) in [6, 6.07) is 10.8. The second-order valence-electron chi connectivity index (χ2n) is 4.40. The van der Waals surface area contributed by atoms with E-state index in [2.05, 4.69) is 5.32 Å². The highest BCUT2D eigenvalue weighted by molar-refractivity contribution is 6.31. The summed E-state index contributed by atoms with van der Waals surface area (Å²) in [7, 11) is 0. The predicted molar refractivity (Wildman–Crippen MR) is 79.7 cm³/mol. The van der Waals surface area contributed by atoms with Gasteiger partial charge in [0.25, 0.3) is 5.91 Å². The highest BCUT2D eigenvalue weighted by Gasteiger charge is 2.12. The van der Waals surface area contributed by atoms with Crippen LogP contribution in [-0.4, -0.2) is 5.91 Å². The van der Waals surface area contributed by atoms with E-state index in [0.717, 1.165) is 11.1 Å². The summed E-state index contributed by atoms with van der Waals surface area (Å²) < 4.78 is 0. The highest BCUT2D eigenvalue weighted by Crippen LogP contribution is 2.24. The van der Waals surface area contributed by atoms with Crippen LogP contribution in [0, 0.1) is 13.8 Å². The van der Waals surface area contributed by atoms with Crippen LogP contribution < -0.4 is 11.1 Å². The first-order valence-corrected chi connectivity index (χ1v) is 6.30. The van der Waals surface area contributed by atoms with Gasteiger partial charge in [0.1, 0.15) is 0 Å². The number of nitrogens with one attached hydrogen (secondary N) is 1. The number of benzene rings is 2. The van der Waals surface area contributed by atoms with Crippen LogP contribution in [0.4, 0.5) is 11.4 Å². The molecule has 0 radical (unpaired) electrons. The van der Waals surface area contributed by atoms with Crippen LogP contribution in [0.3, 0.4) is 0 Å². The van der Waals surface area contributed by atoms with Gasteiger partial charge in [0.05, 0.1) is 5.56 Å². The van der Waals surface area contributed by atoms with E-state index < -0.39 is 0 Å². The molecule has 0 heterocycles. The van der Waals surface area contributed by atoms with Crippen molar-refractivity contribution in [3.8, 4) is 0 Å². The Kier molecular flexibility index (Phi) is 3.76. The zero-order chi connectivity index (χ0) is 14.0. The van der Waals surface area contributed by atoms with Crippen molar-refractivity contribution in [3.05, 3.63) is 58.1 Å². The van der Waals surface area contributed by atoms with Crippen molar-refractivity contribution in [2.24, 2.45) is 0 Å². The Morgan fingerprint density at radius 2 is 1.84 bits per heavy atom. The van der Waals surface area contributed by atoms with Crippen LogP contribution in [0.2, 0.25) is 5.02 Å². The zero-order valence-electron chi connectivity index (χ0n) is 10.8. The van der Waals surface area contributed by atoms with Crippen LogP contribution in [0.1, 0.15) is 21.5 Å². The molecule has 0 saturated carbocycles. The number of nitrogen functional groups attached to an aromatic ring is 1. The minimum atomic E-state index is -0.230. The molecule has 19 heavy (non-hydrogen) atoms. The number of carbonyl (C=O) groups excluding carboxylic acids is 1. The van der Waals surface area contributed by atoms with Gasteiger partial charge in [-0.05, 0) is 43.2 Å². The highest BCUT2D eigenvalue weighted by atomic mass is 35.5. The Bertz CT molecular complexity index is 638. The SMILES string of the molecule is Cc1cccc(C(=O)Nc2cccc(Cl)c2C)c1N. The number of rotatable bonds is 2. The molecule has 0 aliphatic heterocycles. The van der Waals surface area contributed by atoms with Crippen LogP contribution >= 0.6 is 11.6 Å². The summed E-state index contributed by atoms with van der Waals surface area (Å²) in [6.07, 6.45) is 0. The van der Waals surface area contributed by atoms with E-state index in [1.807, 2.05) is 32.0 Å². The molecule has 3 N–H and O–H groups in total. The lowest BCUT2D eigenvalue weighted by Crippen LogP contribution is -2.15. The van der Waals surface area contributed by atoms with Gasteiger partial charge in [-0.1, -0.05) is 29.8 Å². The summed E-state index contributed by atoms with van der Waals surface area (Å²) >= 11 is 6.02. The molecule has 0 spiro atoms. The van der Waals surface area contributed by atoms with Crippen LogP contribution in [0.15, 0.2) is 36.4 Å². The van der Waals surface area contributed by atoms with E-state index in [1.54, 1.807) is 18.2 Å². The molecule has 0 atom stereocenters. The molecule has 4 heteroatoms. The molecule has 0 aliphatic carbocycles. The van der Waals surface area contributed by atoms with Gasteiger partial charge in [0.15, 0.2) is 0 Å². The first kappa shape index (κ1) is 13.4. The first-order valence-electron chi connectivity index (χ1n) is 5.92. The van der Waals surface area contributed by atoms with Crippen molar-refractivity contribution in [2.45, 2.75) is 13.8 Å². The molecular formula is C15H15ClN2O. The smallest absolute Gasteiger partial charge is 0.257 e. The van der Waals surface area contributed by atoms with Gasteiger partial charge in [-0.15, -0.1) is 0 Å². The number of hydrogen-bond acceptors (Lipinski definition) is 2. The summed E-state index contributed by atoms with van der Waals surface area (Å²) in [6.45, 7) is 3.73. The molecule has 2 rings (SSSR count). The normalized spacial score (nSPS) is 10.3. The lowest BCUT2D eigenvalue weighted by molar-refractivity contribution is 0.102. The molecule has 2 aromatic carbocycles. The lowest BCUT2D eigenvalue weighted by atomic mass is 10.1. The van der Waals surface area contributed by atoms with E-state index in [4.69, 9.17) is 17.3 Å².